The fourth-order valence-corrected chi connectivity index (χ4v) is 4.48. The van der Waals surface area contributed by atoms with Crippen LogP contribution in [-0.4, -0.2) is 0 Å². The summed E-state index contributed by atoms with van der Waals surface area (Å²) in [7, 11) is 0. The van der Waals surface area contributed by atoms with Crippen LogP contribution in [0.2, 0.25) is 0 Å². The highest BCUT2D eigenvalue weighted by atomic mass is 79.9. The molecular weight excluding hydrogens is 516 g/mol. The van der Waals surface area contributed by atoms with E-state index in [2.05, 4.69) is 120 Å². The molecule has 1 unspecified atom stereocenters. The van der Waals surface area contributed by atoms with Gasteiger partial charge in [0.1, 0.15) is 0 Å². The second kappa shape index (κ2) is 15.6. The molecule has 0 aliphatic heterocycles. The van der Waals surface area contributed by atoms with Gasteiger partial charge in [-0.05, 0) is 54.5 Å². The molecule has 3 heteroatoms. The predicted octanol–water partition coefficient (Wildman–Crippen LogP) is 5.40. The van der Waals surface area contributed by atoms with Crippen LogP contribution >= 0.6 is 0 Å². The molecule has 1 aliphatic rings. The number of allylic oxidation sites excluding steroid dienone is 2. The third kappa shape index (κ3) is 9.51. The summed E-state index contributed by atoms with van der Waals surface area (Å²) in [6.07, 6.45) is 16.5. The number of hydrogen-bond acceptors (Lipinski definition) is 1. The SMILES string of the molecule is C1=C/CC([n+]2ccccc2)CCCC/1.C=C(Nc1ccc(Cc2ccccc2)cc1)c1ccccc1.[Br-]. The summed E-state index contributed by atoms with van der Waals surface area (Å²) in [5, 5.41) is 3.35. The fraction of sp³-hybridized carbons (Fsp3) is 0.206. The van der Waals surface area contributed by atoms with Gasteiger partial charge in [0.05, 0.1) is 0 Å². The second-order valence-corrected chi connectivity index (χ2v) is 9.30. The highest BCUT2D eigenvalue weighted by Crippen LogP contribution is 2.19. The van der Waals surface area contributed by atoms with Gasteiger partial charge < -0.3 is 22.3 Å². The first kappa shape index (κ1) is 28.1. The summed E-state index contributed by atoms with van der Waals surface area (Å²) in [6, 6.07) is 36.2. The van der Waals surface area contributed by atoms with Crippen LogP contribution in [0.1, 0.15) is 54.8 Å². The Morgan fingerprint density at radius 2 is 1.35 bits per heavy atom. The summed E-state index contributed by atoms with van der Waals surface area (Å²) in [5.41, 5.74) is 5.72. The summed E-state index contributed by atoms with van der Waals surface area (Å²) in [6.45, 7) is 4.10. The average molecular weight is 554 g/mol. The molecule has 4 aromatic rings. The summed E-state index contributed by atoms with van der Waals surface area (Å²) >= 11 is 0. The maximum atomic E-state index is 4.10. The highest BCUT2D eigenvalue weighted by Gasteiger charge is 2.16. The summed E-state index contributed by atoms with van der Waals surface area (Å²) in [4.78, 5) is 0. The van der Waals surface area contributed by atoms with Crippen LogP contribution < -0.4 is 26.9 Å². The zero-order chi connectivity index (χ0) is 24.8. The van der Waals surface area contributed by atoms with Gasteiger partial charge in [-0.2, -0.15) is 0 Å². The van der Waals surface area contributed by atoms with Crippen LogP contribution in [0, 0.1) is 0 Å². The van der Waals surface area contributed by atoms with Gasteiger partial charge in [0, 0.05) is 36.4 Å². The Labute approximate surface area is 233 Å². The zero-order valence-electron chi connectivity index (χ0n) is 21.5. The standard InChI is InChI=1S/C21H19N.C13H18N.BrH/c1-17(20-10-6-3-7-11-20)22-21-14-12-19(13-15-21)16-18-8-4-2-5-9-18;1-2-5-9-13(10-6-3-1)14-11-7-4-8-12-14;/h2-15,22H,1,16H2;2,4-5,7-8,11-13H,1,3,6,9-10H2;1H/q;+1;/p-1/b;5-2+;. The molecule has 3 aromatic carbocycles. The topological polar surface area (TPSA) is 15.9 Å². The number of anilines is 1. The zero-order valence-corrected chi connectivity index (χ0v) is 23.1. The van der Waals surface area contributed by atoms with Crippen molar-refractivity contribution in [1.29, 1.82) is 0 Å². The van der Waals surface area contributed by atoms with Gasteiger partial charge in [0.15, 0.2) is 18.4 Å². The molecule has 0 saturated heterocycles. The van der Waals surface area contributed by atoms with Crippen molar-refractivity contribution in [1.82, 2.24) is 0 Å². The first-order chi connectivity index (χ1) is 17.8. The maximum Gasteiger partial charge on any atom is 0.169 e. The molecule has 0 amide bonds. The van der Waals surface area contributed by atoms with E-state index in [4.69, 9.17) is 0 Å². The molecule has 1 atom stereocenters. The number of pyridine rings is 1. The van der Waals surface area contributed by atoms with Crippen LogP contribution in [0.3, 0.4) is 0 Å². The van der Waals surface area contributed by atoms with Crippen molar-refractivity contribution in [3.63, 3.8) is 0 Å². The largest absolute Gasteiger partial charge is 1.00 e. The monoisotopic (exact) mass is 552 g/mol. The van der Waals surface area contributed by atoms with Crippen molar-refractivity contribution in [2.45, 2.75) is 44.6 Å². The molecule has 2 nitrogen and oxygen atoms in total. The lowest BCUT2D eigenvalue weighted by atomic mass is 10.0. The Balaban J connectivity index is 0.000000220. The van der Waals surface area contributed by atoms with Crippen LogP contribution in [0.25, 0.3) is 5.70 Å². The maximum absolute atomic E-state index is 4.10. The molecule has 0 fully saturated rings. The Bertz CT molecular complexity index is 1200. The van der Waals surface area contributed by atoms with Gasteiger partial charge in [0.25, 0.3) is 0 Å². The van der Waals surface area contributed by atoms with E-state index >= 15 is 0 Å². The fourth-order valence-electron chi connectivity index (χ4n) is 4.48. The van der Waals surface area contributed by atoms with Gasteiger partial charge in [0.2, 0.25) is 0 Å². The highest BCUT2D eigenvalue weighted by molar-refractivity contribution is 5.75. The number of hydrogen-bond donors (Lipinski definition) is 1. The lowest BCUT2D eigenvalue weighted by Gasteiger charge is -2.11. The third-order valence-electron chi connectivity index (χ3n) is 6.52. The first-order valence-electron chi connectivity index (χ1n) is 13.0. The van der Waals surface area contributed by atoms with Crippen molar-refractivity contribution in [3.8, 4) is 0 Å². The lowest BCUT2D eigenvalue weighted by molar-refractivity contribution is -0.723. The van der Waals surface area contributed by atoms with Crippen molar-refractivity contribution in [2.75, 3.05) is 5.32 Å². The number of rotatable bonds is 6. The van der Waals surface area contributed by atoms with Gasteiger partial charge in [-0.3, -0.25) is 0 Å². The van der Waals surface area contributed by atoms with E-state index in [0.717, 1.165) is 23.4 Å². The molecule has 190 valence electrons. The van der Waals surface area contributed by atoms with E-state index in [1.165, 1.54) is 43.2 Å². The van der Waals surface area contributed by atoms with Gasteiger partial charge >= 0.3 is 0 Å². The lowest BCUT2D eigenvalue weighted by Crippen LogP contribution is -3.00. The smallest absolute Gasteiger partial charge is 0.169 e. The van der Waals surface area contributed by atoms with E-state index < -0.39 is 0 Å². The van der Waals surface area contributed by atoms with Crippen molar-refractivity contribution >= 4 is 11.4 Å². The summed E-state index contributed by atoms with van der Waals surface area (Å²) in [5.74, 6) is 0. The molecule has 37 heavy (non-hydrogen) atoms. The van der Waals surface area contributed by atoms with Gasteiger partial charge in [-0.1, -0.05) is 97.6 Å². The Morgan fingerprint density at radius 1 is 0.730 bits per heavy atom. The van der Waals surface area contributed by atoms with Gasteiger partial charge in [-0.15, -0.1) is 0 Å². The van der Waals surface area contributed by atoms with Crippen LogP contribution in [0.5, 0.6) is 0 Å². The molecule has 1 heterocycles. The van der Waals surface area contributed by atoms with E-state index in [1.807, 2.05) is 24.3 Å². The molecule has 5 rings (SSSR count). The number of nitrogens with zero attached hydrogens (tertiary/aromatic N) is 1. The molecule has 0 spiro atoms. The minimum Gasteiger partial charge on any atom is -1.00 e. The Morgan fingerprint density at radius 3 is 2.05 bits per heavy atom. The normalized spacial score (nSPS) is 15.5. The minimum absolute atomic E-state index is 0. The van der Waals surface area contributed by atoms with Crippen molar-refractivity contribution in [2.24, 2.45) is 0 Å². The third-order valence-corrected chi connectivity index (χ3v) is 6.52. The number of halogens is 1. The summed E-state index contributed by atoms with van der Waals surface area (Å²) < 4.78 is 2.34. The van der Waals surface area contributed by atoms with Crippen LogP contribution in [0.15, 0.2) is 134 Å². The molecule has 0 saturated carbocycles. The molecule has 1 aliphatic carbocycles. The molecule has 1 N–H and O–H groups in total. The van der Waals surface area contributed by atoms with E-state index in [9.17, 15) is 0 Å². The average Bonchev–Trinajstić information content (AvgIpc) is 2.92. The number of aromatic nitrogens is 1. The van der Waals surface area contributed by atoms with E-state index in [0.29, 0.717) is 6.04 Å². The van der Waals surface area contributed by atoms with E-state index in [-0.39, 0.29) is 17.0 Å². The Kier molecular flexibility index (Phi) is 11.9. The molecule has 0 radical (unpaired) electrons. The Hall–Kier alpha value is -3.43. The first-order valence-corrected chi connectivity index (χ1v) is 13.0. The van der Waals surface area contributed by atoms with Crippen LogP contribution in [0.4, 0.5) is 5.69 Å². The second-order valence-electron chi connectivity index (χ2n) is 9.30. The number of nitrogens with one attached hydrogen (secondary N) is 1. The van der Waals surface area contributed by atoms with Crippen molar-refractivity contribution < 1.29 is 21.5 Å². The van der Waals surface area contributed by atoms with E-state index in [1.54, 1.807) is 0 Å². The minimum atomic E-state index is 0. The quantitative estimate of drug-likeness (QED) is 0.250. The van der Waals surface area contributed by atoms with Crippen molar-refractivity contribution in [3.05, 3.63) is 151 Å². The molecule has 1 aromatic heterocycles. The molecule has 0 bridgehead atoms. The van der Waals surface area contributed by atoms with Gasteiger partial charge in [-0.25, -0.2) is 4.57 Å². The molecular formula is C34H37BrN2. The van der Waals surface area contributed by atoms with Crippen LogP contribution in [-0.2, 0) is 6.42 Å². The number of benzene rings is 3. The predicted molar refractivity (Wildman–Crippen MR) is 153 cm³/mol.